The lowest BCUT2D eigenvalue weighted by atomic mass is 10.1. The summed E-state index contributed by atoms with van der Waals surface area (Å²) in [6.07, 6.45) is 0.353. The van der Waals surface area contributed by atoms with Crippen LogP contribution in [-0.4, -0.2) is 43.6 Å². The minimum absolute atomic E-state index is 0.265. The number of aliphatic hydroxyl groups is 1. The normalized spacial score (nSPS) is 12.1. The van der Waals surface area contributed by atoms with Crippen LogP contribution in [0.2, 0.25) is 5.02 Å². The van der Waals surface area contributed by atoms with Gasteiger partial charge >= 0.3 is 10.4 Å². The smallest absolute Gasteiger partial charge is 0.372 e. The molecule has 5 N–H and O–H groups in total. The number of carbonyl (C=O) groups is 1. The summed E-state index contributed by atoms with van der Waals surface area (Å²) in [7, 11) is -4.91. The highest BCUT2D eigenvalue weighted by atomic mass is 35.5. The van der Waals surface area contributed by atoms with Crippen molar-refractivity contribution in [1.29, 1.82) is 0 Å². The van der Waals surface area contributed by atoms with E-state index in [-0.39, 0.29) is 12.4 Å². The van der Waals surface area contributed by atoms with Crippen molar-refractivity contribution in [1.82, 2.24) is 15.0 Å². The van der Waals surface area contributed by atoms with Gasteiger partial charge in [0.1, 0.15) is 5.82 Å². The number of carbonyl (C=O) groups excluding carboxylic acids is 1. The fourth-order valence-corrected chi connectivity index (χ4v) is 3.31. The first kappa shape index (κ1) is 23.4. The SMILES string of the molecule is Nc1ncc2ccc(Cl)cc2c1C#Cc1ccc(C(=O)NCC(O)CNS(=O)(=O)F)cc1. The van der Waals surface area contributed by atoms with Gasteiger partial charge in [-0.1, -0.05) is 33.4 Å². The van der Waals surface area contributed by atoms with Gasteiger partial charge in [-0.15, -0.1) is 0 Å². The molecule has 8 nitrogen and oxygen atoms in total. The molecule has 0 radical (unpaired) electrons. The Hall–Kier alpha value is -3.23. The Morgan fingerprint density at radius 3 is 2.59 bits per heavy atom. The van der Waals surface area contributed by atoms with E-state index < -0.39 is 29.0 Å². The fourth-order valence-electron chi connectivity index (χ4n) is 2.75. The molecule has 2 aromatic carbocycles. The first-order valence-corrected chi connectivity index (χ1v) is 11.0. The summed E-state index contributed by atoms with van der Waals surface area (Å²) in [6, 6.07) is 11.7. The molecule has 0 spiro atoms. The van der Waals surface area contributed by atoms with Crippen LogP contribution < -0.4 is 15.8 Å². The van der Waals surface area contributed by atoms with Crippen molar-refractivity contribution in [3.8, 4) is 11.8 Å². The molecule has 0 aliphatic rings. The third-order valence-corrected chi connectivity index (χ3v) is 5.10. The highest BCUT2D eigenvalue weighted by molar-refractivity contribution is 7.84. The van der Waals surface area contributed by atoms with E-state index in [9.17, 15) is 22.2 Å². The van der Waals surface area contributed by atoms with Crippen molar-refractivity contribution < 1.29 is 22.2 Å². The molecular formula is C21H18ClFN4O4S. The number of aliphatic hydroxyl groups excluding tert-OH is 1. The molecule has 1 aromatic heterocycles. The molecule has 166 valence electrons. The number of pyridine rings is 1. The van der Waals surface area contributed by atoms with Crippen molar-refractivity contribution in [2.45, 2.75) is 6.10 Å². The Morgan fingerprint density at radius 1 is 1.19 bits per heavy atom. The van der Waals surface area contributed by atoms with E-state index in [1.54, 1.807) is 30.5 Å². The lowest BCUT2D eigenvalue weighted by molar-refractivity contribution is 0.0918. The molecule has 0 saturated heterocycles. The van der Waals surface area contributed by atoms with E-state index in [1.807, 2.05) is 6.07 Å². The van der Waals surface area contributed by atoms with E-state index in [0.717, 1.165) is 10.8 Å². The summed E-state index contributed by atoms with van der Waals surface area (Å²) in [5, 5.41) is 14.2. The number of hydrogen-bond acceptors (Lipinski definition) is 6. The maximum atomic E-state index is 12.4. The third kappa shape index (κ3) is 6.38. The number of amides is 1. The van der Waals surface area contributed by atoms with Crippen molar-refractivity contribution in [2.24, 2.45) is 0 Å². The maximum Gasteiger partial charge on any atom is 0.372 e. The van der Waals surface area contributed by atoms with Gasteiger partial charge in [0.2, 0.25) is 0 Å². The van der Waals surface area contributed by atoms with E-state index in [1.165, 1.54) is 16.9 Å². The van der Waals surface area contributed by atoms with Crippen LogP contribution in [0.25, 0.3) is 10.8 Å². The number of halogens is 2. The standard InChI is InChI=1S/C21H18ClFN4O4S/c22-16-7-6-15-10-25-20(24)18(19(15)9-16)8-3-13-1-4-14(5-2-13)21(29)26-11-17(28)12-27-32(23,30)31/h1-2,4-7,9-10,17,27-28H,11-12H2,(H2,24,25)(H,26,29). The Bertz CT molecular complexity index is 1320. The number of nitrogens with zero attached hydrogens (tertiary/aromatic N) is 1. The molecular weight excluding hydrogens is 459 g/mol. The molecule has 1 atom stereocenters. The van der Waals surface area contributed by atoms with Crippen molar-refractivity contribution in [2.75, 3.05) is 18.8 Å². The second kappa shape index (κ2) is 9.93. The first-order chi connectivity index (χ1) is 15.1. The van der Waals surface area contributed by atoms with Crippen LogP contribution in [-0.2, 0) is 10.4 Å². The molecule has 32 heavy (non-hydrogen) atoms. The predicted octanol–water partition coefficient (Wildman–Crippen LogP) is 1.76. The number of nitrogens with two attached hydrogens (primary N) is 1. The monoisotopic (exact) mass is 476 g/mol. The number of fused-ring (bicyclic) bond motifs is 1. The Labute approximate surface area is 188 Å². The number of benzene rings is 2. The maximum absolute atomic E-state index is 12.4. The van der Waals surface area contributed by atoms with Crippen molar-refractivity contribution >= 4 is 44.5 Å². The van der Waals surface area contributed by atoms with Gasteiger partial charge in [0.05, 0.1) is 11.7 Å². The highest BCUT2D eigenvalue weighted by Crippen LogP contribution is 2.24. The molecule has 0 aliphatic carbocycles. The number of aromatic nitrogens is 1. The lowest BCUT2D eigenvalue weighted by Gasteiger charge is -2.11. The lowest BCUT2D eigenvalue weighted by Crippen LogP contribution is -2.39. The van der Waals surface area contributed by atoms with Gasteiger partial charge in [-0.2, -0.15) is 13.1 Å². The van der Waals surface area contributed by atoms with E-state index in [0.29, 0.717) is 21.7 Å². The highest BCUT2D eigenvalue weighted by Gasteiger charge is 2.13. The molecule has 1 heterocycles. The van der Waals surface area contributed by atoms with Crippen LogP contribution in [0.1, 0.15) is 21.5 Å². The molecule has 3 aromatic rings. The zero-order valence-corrected chi connectivity index (χ0v) is 18.0. The topological polar surface area (TPSA) is 134 Å². The summed E-state index contributed by atoms with van der Waals surface area (Å²) in [6.45, 7) is -0.830. The third-order valence-electron chi connectivity index (χ3n) is 4.35. The first-order valence-electron chi connectivity index (χ1n) is 9.24. The second-order valence-corrected chi connectivity index (χ2v) is 8.33. The van der Waals surface area contributed by atoms with Crippen LogP contribution in [0.3, 0.4) is 0 Å². The van der Waals surface area contributed by atoms with Crippen LogP contribution in [0, 0.1) is 11.8 Å². The molecule has 0 bridgehead atoms. The molecule has 3 rings (SSSR count). The average Bonchev–Trinajstić information content (AvgIpc) is 2.75. The number of nitrogens with one attached hydrogen (secondary N) is 2. The zero-order chi connectivity index (χ0) is 23.3. The number of anilines is 1. The zero-order valence-electron chi connectivity index (χ0n) is 16.5. The largest absolute Gasteiger partial charge is 0.390 e. The van der Waals surface area contributed by atoms with Crippen molar-refractivity contribution in [3.05, 3.63) is 70.4 Å². The van der Waals surface area contributed by atoms with Gasteiger partial charge < -0.3 is 16.2 Å². The molecule has 11 heteroatoms. The Kier molecular flexibility index (Phi) is 7.27. The van der Waals surface area contributed by atoms with Crippen LogP contribution in [0.5, 0.6) is 0 Å². The number of rotatable bonds is 6. The van der Waals surface area contributed by atoms with E-state index in [2.05, 4.69) is 22.1 Å². The minimum Gasteiger partial charge on any atom is -0.390 e. The Morgan fingerprint density at radius 2 is 1.91 bits per heavy atom. The molecule has 0 aliphatic heterocycles. The summed E-state index contributed by atoms with van der Waals surface area (Å²) in [5.74, 6) is 5.75. The summed E-state index contributed by atoms with van der Waals surface area (Å²) in [4.78, 5) is 16.3. The van der Waals surface area contributed by atoms with E-state index >= 15 is 0 Å². The van der Waals surface area contributed by atoms with Crippen molar-refractivity contribution in [3.63, 3.8) is 0 Å². The summed E-state index contributed by atoms with van der Waals surface area (Å²) in [5.41, 5.74) is 7.45. The molecule has 0 saturated carbocycles. The molecule has 1 unspecified atom stereocenters. The summed E-state index contributed by atoms with van der Waals surface area (Å²) >= 11 is 6.08. The molecule has 1 amide bonds. The predicted molar refractivity (Wildman–Crippen MR) is 120 cm³/mol. The quantitative estimate of drug-likeness (QED) is 0.316. The van der Waals surface area contributed by atoms with Gasteiger partial charge in [0, 0.05) is 46.2 Å². The van der Waals surface area contributed by atoms with E-state index in [4.69, 9.17) is 17.3 Å². The van der Waals surface area contributed by atoms with Crippen LogP contribution in [0.15, 0.2) is 48.7 Å². The van der Waals surface area contributed by atoms with Gasteiger partial charge in [-0.05, 0) is 36.4 Å². The van der Waals surface area contributed by atoms with Crippen LogP contribution >= 0.6 is 11.6 Å². The van der Waals surface area contributed by atoms with Gasteiger partial charge in [-0.3, -0.25) is 4.79 Å². The van der Waals surface area contributed by atoms with Gasteiger partial charge in [0.15, 0.2) is 0 Å². The second-order valence-electron chi connectivity index (χ2n) is 6.73. The number of nitrogen functional groups attached to an aromatic ring is 1. The van der Waals surface area contributed by atoms with Crippen LogP contribution in [0.4, 0.5) is 9.70 Å². The number of hydrogen-bond donors (Lipinski definition) is 4. The Balaban J connectivity index is 1.68. The average molecular weight is 477 g/mol. The fraction of sp³-hybridized carbons (Fsp3) is 0.143. The molecule has 0 fully saturated rings. The minimum atomic E-state index is -4.91. The van der Waals surface area contributed by atoms with Gasteiger partial charge in [-0.25, -0.2) is 4.98 Å². The summed E-state index contributed by atoms with van der Waals surface area (Å²) < 4.78 is 34.6. The van der Waals surface area contributed by atoms with Gasteiger partial charge in [0.25, 0.3) is 5.91 Å².